The van der Waals surface area contributed by atoms with Gasteiger partial charge in [0.15, 0.2) is 5.82 Å². The normalized spacial score (nSPS) is 26.8. The van der Waals surface area contributed by atoms with Crippen LogP contribution in [0.1, 0.15) is 25.1 Å². The van der Waals surface area contributed by atoms with Gasteiger partial charge in [-0.3, -0.25) is 0 Å². The van der Waals surface area contributed by atoms with Crippen molar-refractivity contribution >= 4 is 0 Å². The number of nitrogens with one attached hydrogen (secondary N) is 1. The summed E-state index contributed by atoms with van der Waals surface area (Å²) in [6, 6.07) is 0. The average molecular weight is 211 g/mol. The quantitative estimate of drug-likeness (QED) is 0.804. The molecule has 1 aromatic rings. The molecule has 1 saturated heterocycles. The highest BCUT2D eigenvalue weighted by atomic mass is 16.5. The fraction of sp³-hybridized carbons (Fsp3) is 0.800. The second kappa shape index (κ2) is 4.72. The molecule has 0 aromatic carbocycles. The summed E-state index contributed by atoms with van der Waals surface area (Å²) in [6.07, 6.45) is 1.42. The van der Waals surface area contributed by atoms with Gasteiger partial charge in [-0.15, -0.1) is 0 Å². The van der Waals surface area contributed by atoms with Crippen LogP contribution in [-0.2, 0) is 11.3 Å². The van der Waals surface area contributed by atoms with Gasteiger partial charge in [-0.25, -0.2) is 0 Å². The lowest BCUT2D eigenvalue weighted by molar-refractivity contribution is -0.0169. The van der Waals surface area contributed by atoms with Crippen LogP contribution in [0.25, 0.3) is 0 Å². The van der Waals surface area contributed by atoms with Gasteiger partial charge in [-0.1, -0.05) is 12.1 Å². The van der Waals surface area contributed by atoms with Gasteiger partial charge in [0.05, 0.1) is 6.10 Å². The summed E-state index contributed by atoms with van der Waals surface area (Å²) in [5, 5.41) is 7.03. The number of hydrogen-bond donors (Lipinski definition) is 1. The van der Waals surface area contributed by atoms with E-state index >= 15 is 0 Å². The zero-order valence-corrected chi connectivity index (χ0v) is 9.19. The molecule has 84 valence electrons. The van der Waals surface area contributed by atoms with E-state index in [1.165, 1.54) is 0 Å². The number of aromatic nitrogens is 2. The molecule has 1 aliphatic rings. The molecule has 15 heavy (non-hydrogen) atoms. The number of nitrogens with zero attached hydrogens (tertiary/aromatic N) is 2. The third-order valence-corrected chi connectivity index (χ3v) is 2.75. The standard InChI is InChI=1S/C10H17N3O2/c1-7-3-4-11-5-9(7)14-6-10-12-8(2)13-15-10/h7,9,11H,3-6H2,1-2H3. The van der Waals surface area contributed by atoms with Crippen molar-refractivity contribution in [3.63, 3.8) is 0 Å². The Balaban J connectivity index is 1.81. The Morgan fingerprint density at radius 3 is 3.13 bits per heavy atom. The third-order valence-electron chi connectivity index (χ3n) is 2.75. The van der Waals surface area contributed by atoms with Crippen molar-refractivity contribution in [2.75, 3.05) is 13.1 Å². The summed E-state index contributed by atoms with van der Waals surface area (Å²) in [7, 11) is 0. The maximum Gasteiger partial charge on any atom is 0.252 e. The molecule has 1 fully saturated rings. The lowest BCUT2D eigenvalue weighted by Gasteiger charge is -2.28. The Bertz CT molecular complexity index is 313. The van der Waals surface area contributed by atoms with Gasteiger partial charge in [-0.2, -0.15) is 4.98 Å². The Morgan fingerprint density at radius 1 is 1.60 bits per heavy atom. The van der Waals surface area contributed by atoms with E-state index in [4.69, 9.17) is 9.26 Å². The number of rotatable bonds is 3. The zero-order chi connectivity index (χ0) is 10.7. The molecule has 5 nitrogen and oxygen atoms in total. The first kappa shape index (κ1) is 10.6. The molecule has 0 aliphatic carbocycles. The fourth-order valence-electron chi connectivity index (χ4n) is 1.76. The molecule has 1 aromatic heterocycles. The Morgan fingerprint density at radius 2 is 2.47 bits per heavy atom. The molecule has 2 heterocycles. The summed E-state index contributed by atoms with van der Waals surface area (Å²) in [6.45, 7) is 6.43. The predicted molar refractivity (Wildman–Crippen MR) is 54.3 cm³/mol. The van der Waals surface area contributed by atoms with Crippen LogP contribution in [-0.4, -0.2) is 29.3 Å². The van der Waals surface area contributed by atoms with E-state index in [1.54, 1.807) is 6.92 Å². The molecule has 0 saturated carbocycles. The van der Waals surface area contributed by atoms with Crippen molar-refractivity contribution in [1.29, 1.82) is 0 Å². The van der Waals surface area contributed by atoms with E-state index in [2.05, 4.69) is 22.4 Å². The molecule has 0 bridgehead atoms. The largest absolute Gasteiger partial charge is 0.367 e. The van der Waals surface area contributed by atoms with Crippen LogP contribution in [0.15, 0.2) is 4.52 Å². The van der Waals surface area contributed by atoms with Gasteiger partial charge in [0, 0.05) is 6.54 Å². The topological polar surface area (TPSA) is 60.2 Å². The number of aryl methyl sites for hydroxylation is 1. The number of piperidine rings is 1. The van der Waals surface area contributed by atoms with Crippen LogP contribution in [0.3, 0.4) is 0 Å². The molecular weight excluding hydrogens is 194 g/mol. The van der Waals surface area contributed by atoms with Crippen LogP contribution in [0.2, 0.25) is 0 Å². The van der Waals surface area contributed by atoms with E-state index < -0.39 is 0 Å². The summed E-state index contributed by atoms with van der Waals surface area (Å²) < 4.78 is 10.7. The minimum absolute atomic E-state index is 0.256. The van der Waals surface area contributed by atoms with E-state index in [9.17, 15) is 0 Å². The molecule has 2 rings (SSSR count). The second-order valence-electron chi connectivity index (χ2n) is 4.05. The summed E-state index contributed by atoms with van der Waals surface area (Å²) >= 11 is 0. The molecule has 2 atom stereocenters. The smallest absolute Gasteiger partial charge is 0.252 e. The Labute approximate surface area is 89.2 Å². The van der Waals surface area contributed by atoms with Gasteiger partial charge in [-0.05, 0) is 25.8 Å². The van der Waals surface area contributed by atoms with Gasteiger partial charge in [0.1, 0.15) is 6.61 Å². The van der Waals surface area contributed by atoms with Crippen molar-refractivity contribution in [3.05, 3.63) is 11.7 Å². The Hall–Kier alpha value is -0.940. The van der Waals surface area contributed by atoms with Crippen LogP contribution >= 0.6 is 0 Å². The SMILES string of the molecule is Cc1noc(COC2CNCCC2C)n1. The minimum atomic E-state index is 0.256. The molecule has 1 N–H and O–H groups in total. The van der Waals surface area contributed by atoms with E-state index in [-0.39, 0.29) is 6.10 Å². The third kappa shape index (κ3) is 2.76. The van der Waals surface area contributed by atoms with Gasteiger partial charge in [0.25, 0.3) is 5.89 Å². The van der Waals surface area contributed by atoms with Crippen molar-refractivity contribution < 1.29 is 9.26 Å². The van der Waals surface area contributed by atoms with E-state index in [0.717, 1.165) is 19.5 Å². The molecular formula is C10H17N3O2. The summed E-state index contributed by atoms with van der Waals surface area (Å²) in [4.78, 5) is 4.10. The van der Waals surface area contributed by atoms with Crippen molar-refractivity contribution in [2.45, 2.75) is 33.0 Å². The molecule has 0 radical (unpaired) electrons. The van der Waals surface area contributed by atoms with Crippen molar-refractivity contribution in [1.82, 2.24) is 15.5 Å². The summed E-state index contributed by atoms with van der Waals surface area (Å²) in [5.41, 5.74) is 0. The first-order valence-corrected chi connectivity index (χ1v) is 5.37. The van der Waals surface area contributed by atoms with Crippen molar-refractivity contribution in [2.24, 2.45) is 5.92 Å². The first-order valence-electron chi connectivity index (χ1n) is 5.37. The lowest BCUT2D eigenvalue weighted by Crippen LogP contribution is -2.40. The fourth-order valence-corrected chi connectivity index (χ4v) is 1.76. The lowest BCUT2D eigenvalue weighted by atomic mass is 9.97. The molecule has 0 amide bonds. The molecule has 5 heteroatoms. The number of ether oxygens (including phenoxy) is 1. The molecule has 0 spiro atoms. The second-order valence-corrected chi connectivity index (χ2v) is 4.05. The van der Waals surface area contributed by atoms with Crippen LogP contribution in [0, 0.1) is 12.8 Å². The Kier molecular flexibility index (Phi) is 3.33. The highest BCUT2D eigenvalue weighted by Crippen LogP contribution is 2.15. The van der Waals surface area contributed by atoms with Crippen LogP contribution < -0.4 is 5.32 Å². The minimum Gasteiger partial charge on any atom is -0.367 e. The zero-order valence-electron chi connectivity index (χ0n) is 9.19. The molecule has 2 unspecified atom stereocenters. The first-order chi connectivity index (χ1) is 7.25. The molecule has 1 aliphatic heterocycles. The predicted octanol–water partition coefficient (Wildman–Crippen LogP) is 0.893. The van der Waals surface area contributed by atoms with Gasteiger partial charge in [0.2, 0.25) is 0 Å². The highest BCUT2D eigenvalue weighted by molar-refractivity contribution is 4.82. The van der Waals surface area contributed by atoms with Crippen molar-refractivity contribution in [3.8, 4) is 0 Å². The van der Waals surface area contributed by atoms with Crippen LogP contribution in [0.4, 0.5) is 0 Å². The monoisotopic (exact) mass is 211 g/mol. The van der Waals surface area contributed by atoms with Crippen LogP contribution in [0.5, 0.6) is 0 Å². The van der Waals surface area contributed by atoms with E-state index in [0.29, 0.717) is 24.2 Å². The maximum atomic E-state index is 5.74. The average Bonchev–Trinajstić information content (AvgIpc) is 2.63. The maximum absolute atomic E-state index is 5.74. The van der Waals surface area contributed by atoms with E-state index in [1.807, 2.05) is 0 Å². The van der Waals surface area contributed by atoms with Gasteiger partial charge < -0.3 is 14.6 Å². The van der Waals surface area contributed by atoms with Gasteiger partial charge >= 0.3 is 0 Å². The highest BCUT2D eigenvalue weighted by Gasteiger charge is 2.22. The summed E-state index contributed by atoms with van der Waals surface area (Å²) in [5.74, 6) is 1.81. The number of hydrogen-bond acceptors (Lipinski definition) is 5.